The topological polar surface area (TPSA) is 64.7 Å². The van der Waals surface area contributed by atoms with Crippen LogP contribution in [0, 0.1) is 6.92 Å². The van der Waals surface area contributed by atoms with E-state index >= 15 is 0 Å². The van der Waals surface area contributed by atoms with Gasteiger partial charge in [-0.3, -0.25) is 0 Å². The Kier molecular flexibility index (Phi) is 2.37. The Bertz CT molecular complexity index is 749. The lowest BCUT2D eigenvalue weighted by atomic mass is 10.1. The second kappa shape index (κ2) is 3.91. The zero-order valence-electron chi connectivity index (χ0n) is 10.4. The third kappa shape index (κ3) is 1.66. The minimum atomic E-state index is 0.494. The lowest BCUT2D eigenvalue weighted by Gasteiger charge is -2.05. The molecule has 1 aromatic carbocycles. The first-order valence-electron chi connectivity index (χ1n) is 6.01. The summed E-state index contributed by atoms with van der Waals surface area (Å²) in [5, 5.41) is 1.90. The standard InChI is InChI=1S/C14H14N4/c1-3-9-4-5-12-10(6-9)7-11-13(15)16-8(2)17-14(11)18-12/h4-7H,3H2,1-2H3,(H2,15,16,17,18). The fourth-order valence-electron chi connectivity index (χ4n) is 2.12. The number of hydrogen-bond donors (Lipinski definition) is 1. The van der Waals surface area contributed by atoms with Crippen molar-refractivity contribution in [1.29, 1.82) is 0 Å². The van der Waals surface area contributed by atoms with Crippen molar-refractivity contribution in [1.82, 2.24) is 15.0 Å². The fraction of sp³-hybridized carbons (Fsp3) is 0.214. The van der Waals surface area contributed by atoms with Gasteiger partial charge in [-0.15, -0.1) is 0 Å². The van der Waals surface area contributed by atoms with Crippen LogP contribution in [0.25, 0.3) is 21.9 Å². The van der Waals surface area contributed by atoms with Gasteiger partial charge in [0.1, 0.15) is 11.6 Å². The summed E-state index contributed by atoms with van der Waals surface area (Å²) in [6.45, 7) is 3.96. The van der Waals surface area contributed by atoms with Crippen LogP contribution in [0.1, 0.15) is 18.3 Å². The fourth-order valence-corrected chi connectivity index (χ4v) is 2.12. The predicted molar refractivity (Wildman–Crippen MR) is 73.4 cm³/mol. The molecule has 0 aliphatic rings. The van der Waals surface area contributed by atoms with Crippen molar-refractivity contribution in [2.45, 2.75) is 20.3 Å². The number of aryl methyl sites for hydroxylation is 2. The molecule has 2 N–H and O–H groups in total. The summed E-state index contributed by atoms with van der Waals surface area (Å²) in [6, 6.07) is 8.28. The molecule has 0 fully saturated rings. The first-order valence-corrected chi connectivity index (χ1v) is 6.01. The van der Waals surface area contributed by atoms with E-state index in [1.807, 2.05) is 19.1 Å². The number of fused-ring (bicyclic) bond motifs is 2. The molecule has 4 nitrogen and oxygen atoms in total. The molecule has 3 rings (SSSR count). The van der Waals surface area contributed by atoms with Gasteiger partial charge in [0.15, 0.2) is 5.65 Å². The summed E-state index contributed by atoms with van der Waals surface area (Å²) in [6.07, 6.45) is 1.01. The highest BCUT2D eigenvalue weighted by molar-refractivity contribution is 5.95. The maximum atomic E-state index is 5.93. The monoisotopic (exact) mass is 238 g/mol. The van der Waals surface area contributed by atoms with Gasteiger partial charge in [-0.25, -0.2) is 15.0 Å². The molecule has 90 valence electrons. The third-order valence-electron chi connectivity index (χ3n) is 3.09. The Balaban J connectivity index is 2.39. The Morgan fingerprint density at radius 3 is 2.72 bits per heavy atom. The molecule has 4 heteroatoms. The summed E-state index contributed by atoms with van der Waals surface area (Å²) in [4.78, 5) is 13.0. The van der Waals surface area contributed by atoms with Crippen molar-refractivity contribution in [2.24, 2.45) is 0 Å². The normalized spacial score (nSPS) is 11.2. The number of anilines is 1. The van der Waals surface area contributed by atoms with Crippen LogP contribution in [0.5, 0.6) is 0 Å². The van der Waals surface area contributed by atoms with Gasteiger partial charge in [0, 0.05) is 5.39 Å². The Morgan fingerprint density at radius 2 is 1.94 bits per heavy atom. The van der Waals surface area contributed by atoms with Crippen molar-refractivity contribution >= 4 is 27.8 Å². The maximum Gasteiger partial charge on any atom is 0.165 e. The highest BCUT2D eigenvalue weighted by Crippen LogP contribution is 2.23. The van der Waals surface area contributed by atoms with Gasteiger partial charge in [0.05, 0.1) is 10.9 Å². The van der Waals surface area contributed by atoms with Crippen LogP contribution in [0.3, 0.4) is 0 Å². The zero-order valence-corrected chi connectivity index (χ0v) is 10.4. The molecule has 0 amide bonds. The molecule has 3 aromatic rings. The Hall–Kier alpha value is -2.23. The van der Waals surface area contributed by atoms with Gasteiger partial charge in [0.25, 0.3) is 0 Å². The van der Waals surface area contributed by atoms with E-state index in [0.717, 1.165) is 22.7 Å². The molecule has 0 radical (unpaired) electrons. The minimum Gasteiger partial charge on any atom is -0.383 e. The quantitative estimate of drug-likeness (QED) is 0.662. The molecular weight excluding hydrogens is 224 g/mol. The van der Waals surface area contributed by atoms with Crippen molar-refractivity contribution in [3.8, 4) is 0 Å². The van der Waals surface area contributed by atoms with Gasteiger partial charge >= 0.3 is 0 Å². The number of aromatic nitrogens is 3. The highest BCUT2D eigenvalue weighted by Gasteiger charge is 2.06. The van der Waals surface area contributed by atoms with Crippen LogP contribution >= 0.6 is 0 Å². The second-order valence-electron chi connectivity index (χ2n) is 4.40. The van der Waals surface area contributed by atoms with E-state index < -0.39 is 0 Å². The number of nitrogens with two attached hydrogens (primary N) is 1. The Labute approximate surface area is 105 Å². The van der Waals surface area contributed by atoms with E-state index in [9.17, 15) is 0 Å². The van der Waals surface area contributed by atoms with E-state index in [4.69, 9.17) is 5.73 Å². The summed E-state index contributed by atoms with van der Waals surface area (Å²) >= 11 is 0. The third-order valence-corrected chi connectivity index (χ3v) is 3.09. The van der Waals surface area contributed by atoms with Crippen molar-refractivity contribution in [3.63, 3.8) is 0 Å². The van der Waals surface area contributed by atoms with E-state index in [2.05, 4.69) is 34.0 Å². The van der Waals surface area contributed by atoms with Gasteiger partial charge in [-0.2, -0.15) is 0 Å². The van der Waals surface area contributed by atoms with Crippen LogP contribution in [-0.4, -0.2) is 15.0 Å². The first-order chi connectivity index (χ1) is 8.67. The molecule has 2 heterocycles. The molecule has 2 aromatic heterocycles. The lowest BCUT2D eigenvalue weighted by Crippen LogP contribution is -1.99. The van der Waals surface area contributed by atoms with E-state index in [0.29, 0.717) is 17.3 Å². The molecule has 0 saturated heterocycles. The number of benzene rings is 1. The molecule has 0 unspecified atom stereocenters. The highest BCUT2D eigenvalue weighted by atomic mass is 15.0. The molecule has 18 heavy (non-hydrogen) atoms. The van der Waals surface area contributed by atoms with Gasteiger partial charge in [0.2, 0.25) is 0 Å². The van der Waals surface area contributed by atoms with Crippen LogP contribution in [0.2, 0.25) is 0 Å². The van der Waals surface area contributed by atoms with Crippen molar-refractivity contribution in [3.05, 3.63) is 35.7 Å². The summed E-state index contributed by atoms with van der Waals surface area (Å²) < 4.78 is 0. The Morgan fingerprint density at radius 1 is 1.11 bits per heavy atom. The molecule has 0 aliphatic heterocycles. The number of pyridine rings is 1. The van der Waals surface area contributed by atoms with Crippen molar-refractivity contribution < 1.29 is 0 Å². The van der Waals surface area contributed by atoms with E-state index in [-0.39, 0.29) is 0 Å². The van der Waals surface area contributed by atoms with Crippen molar-refractivity contribution in [2.75, 3.05) is 5.73 Å². The zero-order chi connectivity index (χ0) is 12.7. The first kappa shape index (κ1) is 10.9. The van der Waals surface area contributed by atoms with Crippen LogP contribution in [0.4, 0.5) is 5.82 Å². The molecule has 0 saturated carbocycles. The molecule has 0 bridgehead atoms. The van der Waals surface area contributed by atoms with Gasteiger partial charge < -0.3 is 5.73 Å². The molecule has 0 aliphatic carbocycles. The SMILES string of the molecule is CCc1ccc2nc3nc(C)nc(N)c3cc2c1. The van der Waals surface area contributed by atoms with E-state index in [1.54, 1.807) is 0 Å². The lowest BCUT2D eigenvalue weighted by molar-refractivity contribution is 1.08. The van der Waals surface area contributed by atoms with Gasteiger partial charge in [-0.1, -0.05) is 13.0 Å². The van der Waals surface area contributed by atoms with E-state index in [1.165, 1.54) is 5.56 Å². The minimum absolute atomic E-state index is 0.494. The number of hydrogen-bond acceptors (Lipinski definition) is 4. The summed E-state index contributed by atoms with van der Waals surface area (Å²) in [5.74, 6) is 1.14. The summed E-state index contributed by atoms with van der Waals surface area (Å²) in [7, 11) is 0. The smallest absolute Gasteiger partial charge is 0.165 e. The average molecular weight is 238 g/mol. The van der Waals surface area contributed by atoms with Crippen LogP contribution in [-0.2, 0) is 6.42 Å². The largest absolute Gasteiger partial charge is 0.383 e. The number of nitrogens with zero attached hydrogens (tertiary/aromatic N) is 3. The second-order valence-corrected chi connectivity index (χ2v) is 4.40. The van der Waals surface area contributed by atoms with Crippen LogP contribution < -0.4 is 5.73 Å². The molecule has 0 spiro atoms. The van der Waals surface area contributed by atoms with Crippen LogP contribution in [0.15, 0.2) is 24.3 Å². The molecular formula is C14H14N4. The predicted octanol–water partition coefficient (Wildman–Crippen LogP) is 2.63. The summed E-state index contributed by atoms with van der Waals surface area (Å²) in [5.41, 5.74) is 8.82. The number of nitrogen functional groups attached to an aromatic ring is 1. The van der Waals surface area contributed by atoms with Gasteiger partial charge in [-0.05, 0) is 37.1 Å². The average Bonchev–Trinajstić information content (AvgIpc) is 2.36. The maximum absolute atomic E-state index is 5.93. The number of rotatable bonds is 1. The molecule has 0 atom stereocenters.